The van der Waals surface area contributed by atoms with Crippen LogP contribution in [-0.2, 0) is 11.2 Å². The van der Waals surface area contributed by atoms with Gasteiger partial charge in [-0.05, 0) is 74.4 Å². The van der Waals surface area contributed by atoms with Gasteiger partial charge >= 0.3 is 0 Å². The number of hydrogen-bond donors (Lipinski definition) is 0. The predicted molar refractivity (Wildman–Crippen MR) is 136 cm³/mol. The fourth-order valence-electron chi connectivity index (χ4n) is 4.58. The van der Waals surface area contributed by atoms with E-state index in [0.29, 0.717) is 12.3 Å². The maximum atomic E-state index is 13.7. The van der Waals surface area contributed by atoms with Crippen LogP contribution < -0.4 is 9.64 Å². The monoisotopic (exact) mass is 443 g/mol. The van der Waals surface area contributed by atoms with Gasteiger partial charge in [-0.15, -0.1) is 0 Å². The van der Waals surface area contributed by atoms with Crippen molar-refractivity contribution in [1.82, 2.24) is 0 Å². The van der Waals surface area contributed by atoms with Gasteiger partial charge in [0.1, 0.15) is 11.5 Å². The van der Waals surface area contributed by atoms with E-state index in [1.165, 1.54) is 11.1 Å². The summed E-state index contributed by atoms with van der Waals surface area (Å²) in [6, 6.07) is 14.1. The number of aliphatic imine (C=N–C) groups is 2. The molecule has 33 heavy (non-hydrogen) atoms. The summed E-state index contributed by atoms with van der Waals surface area (Å²) in [6.45, 7) is 7.01. The number of aryl methyl sites for hydroxylation is 1. The third kappa shape index (κ3) is 4.50. The van der Waals surface area contributed by atoms with Gasteiger partial charge in [-0.3, -0.25) is 19.7 Å². The van der Waals surface area contributed by atoms with Crippen LogP contribution in [0.1, 0.15) is 63.6 Å². The minimum atomic E-state index is -0.232. The van der Waals surface area contributed by atoms with Crippen molar-refractivity contribution < 1.29 is 9.53 Å². The molecular weight excluding hydrogens is 410 g/mol. The lowest BCUT2D eigenvalue weighted by molar-refractivity contribution is -0.112. The summed E-state index contributed by atoms with van der Waals surface area (Å²) in [5.74, 6) is 0.784. The molecule has 0 spiro atoms. The van der Waals surface area contributed by atoms with Gasteiger partial charge in [0, 0.05) is 24.5 Å². The van der Waals surface area contributed by atoms with Gasteiger partial charge in [0.05, 0.1) is 18.3 Å². The van der Waals surface area contributed by atoms with Gasteiger partial charge in [-0.1, -0.05) is 37.6 Å². The smallest absolute Gasteiger partial charge is 0.277 e. The van der Waals surface area contributed by atoms with Crippen molar-refractivity contribution in [2.45, 2.75) is 58.9 Å². The van der Waals surface area contributed by atoms with E-state index < -0.39 is 0 Å². The molecule has 0 radical (unpaired) electrons. The van der Waals surface area contributed by atoms with Crippen LogP contribution in [0.2, 0.25) is 0 Å². The number of anilines is 1. The van der Waals surface area contributed by atoms with Crippen LogP contribution in [0.3, 0.4) is 0 Å². The zero-order valence-electron chi connectivity index (χ0n) is 20.1. The Labute approximate surface area is 196 Å². The standard InChI is InChI=1S/C28H33N3O2/c1-5-17-33-23-14-11-21(12-15-23)27-25(19(3)6-2)26(29-4)28(32)31(27)22-13-10-20-9-7-8-16-30-24(20)18-22/h10-16,18,27H,5-9,17H2,1-4H3/b25-19-,29-26?. The van der Waals surface area contributed by atoms with Crippen molar-refractivity contribution in [3.63, 3.8) is 0 Å². The number of rotatable bonds is 6. The molecule has 2 aliphatic heterocycles. The summed E-state index contributed by atoms with van der Waals surface area (Å²) in [5.41, 5.74) is 6.82. The van der Waals surface area contributed by atoms with Crippen LogP contribution in [0.5, 0.6) is 5.75 Å². The van der Waals surface area contributed by atoms with E-state index in [0.717, 1.165) is 60.4 Å². The molecule has 0 bridgehead atoms. The molecule has 4 rings (SSSR count). The molecule has 1 fully saturated rings. The van der Waals surface area contributed by atoms with Crippen molar-refractivity contribution >= 4 is 29.2 Å². The lowest BCUT2D eigenvalue weighted by Gasteiger charge is -2.27. The molecular formula is C28H33N3O2. The van der Waals surface area contributed by atoms with Gasteiger partial charge in [0.25, 0.3) is 5.91 Å². The number of carbonyl (C=O) groups excluding carboxylic acids is 1. The molecule has 1 unspecified atom stereocenters. The van der Waals surface area contributed by atoms with Crippen LogP contribution in [0.15, 0.2) is 63.6 Å². The maximum Gasteiger partial charge on any atom is 0.277 e. The molecule has 2 aromatic carbocycles. The fourth-order valence-corrected chi connectivity index (χ4v) is 4.58. The number of fused-ring (bicyclic) bond motifs is 1. The third-order valence-electron chi connectivity index (χ3n) is 6.45. The molecule has 5 nitrogen and oxygen atoms in total. The third-order valence-corrected chi connectivity index (χ3v) is 6.45. The lowest BCUT2D eigenvalue weighted by Crippen LogP contribution is -2.29. The predicted octanol–water partition coefficient (Wildman–Crippen LogP) is 6.40. The van der Waals surface area contributed by atoms with E-state index in [9.17, 15) is 4.79 Å². The first-order valence-corrected chi connectivity index (χ1v) is 12.0. The van der Waals surface area contributed by atoms with Crippen molar-refractivity contribution in [3.8, 4) is 5.75 Å². The molecule has 1 saturated heterocycles. The number of amides is 1. The SMILES string of the molecule is CCCOc1ccc(C2/C(=C(/C)CC)C(=NC)C(=O)N2c2ccc3c(c2)N=CCCC3)cc1. The second kappa shape index (κ2) is 10.2. The minimum absolute atomic E-state index is 0.0610. The Morgan fingerprint density at radius 2 is 1.97 bits per heavy atom. The first-order chi connectivity index (χ1) is 16.1. The van der Waals surface area contributed by atoms with Crippen molar-refractivity contribution in [1.29, 1.82) is 0 Å². The lowest BCUT2D eigenvalue weighted by atomic mass is 9.93. The molecule has 0 N–H and O–H groups in total. The van der Waals surface area contributed by atoms with E-state index in [4.69, 9.17) is 4.74 Å². The Morgan fingerprint density at radius 1 is 1.18 bits per heavy atom. The highest BCUT2D eigenvalue weighted by molar-refractivity contribution is 6.53. The van der Waals surface area contributed by atoms with Crippen molar-refractivity contribution in [3.05, 3.63) is 64.7 Å². The fraction of sp³-hybridized carbons (Fsp3) is 0.393. The van der Waals surface area contributed by atoms with E-state index in [-0.39, 0.29) is 11.9 Å². The number of benzene rings is 2. The number of ether oxygens (including phenoxy) is 1. The summed E-state index contributed by atoms with van der Waals surface area (Å²) >= 11 is 0. The maximum absolute atomic E-state index is 13.7. The normalized spacial score (nSPS) is 20.7. The number of nitrogens with zero attached hydrogens (tertiary/aromatic N) is 3. The van der Waals surface area contributed by atoms with E-state index in [2.05, 4.69) is 61.1 Å². The Kier molecular flexibility index (Phi) is 7.07. The van der Waals surface area contributed by atoms with Gasteiger partial charge in [0.2, 0.25) is 0 Å². The van der Waals surface area contributed by atoms with E-state index >= 15 is 0 Å². The zero-order chi connectivity index (χ0) is 23.4. The molecule has 5 heteroatoms. The number of carbonyl (C=O) groups is 1. The summed E-state index contributed by atoms with van der Waals surface area (Å²) < 4.78 is 5.79. The number of hydrogen-bond acceptors (Lipinski definition) is 4. The van der Waals surface area contributed by atoms with Crippen molar-refractivity contribution in [2.24, 2.45) is 9.98 Å². The largest absolute Gasteiger partial charge is 0.494 e. The second-order valence-corrected chi connectivity index (χ2v) is 8.63. The molecule has 1 amide bonds. The molecule has 0 aromatic heterocycles. The van der Waals surface area contributed by atoms with E-state index in [1.807, 2.05) is 23.2 Å². The highest BCUT2D eigenvalue weighted by atomic mass is 16.5. The molecule has 1 atom stereocenters. The van der Waals surface area contributed by atoms with E-state index in [1.54, 1.807) is 7.05 Å². The van der Waals surface area contributed by atoms with Crippen LogP contribution in [0, 0.1) is 0 Å². The molecule has 0 saturated carbocycles. The molecule has 2 heterocycles. The average Bonchev–Trinajstić information content (AvgIpc) is 2.97. The first kappa shape index (κ1) is 23.0. The van der Waals surface area contributed by atoms with Crippen LogP contribution in [-0.4, -0.2) is 31.5 Å². The zero-order valence-corrected chi connectivity index (χ0v) is 20.1. The highest BCUT2D eigenvalue weighted by Crippen LogP contribution is 2.43. The highest BCUT2D eigenvalue weighted by Gasteiger charge is 2.43. The summed E-state index contributed by atoms with van der Waals surface area (Å²) in [4.78, 5) is 24.7. The Morgan fingerprint density at radius 3 is 2.67 bits per heavy atom. The molecule has 2 aromatic rings. The Hall–Kier alpha value is -3.21. The first-order valence-electron chi connectivity index (χ1n) is 12.0. The van der Waals surface area contributed by atoms with Crippen LogP contribution in [0.25, 0.3) is 0 Å². The summed E-state index contributed by atoms with van der Waals surface area (Å²) in [6.07, 6.45) is 6.90. The van der Waals surface area contributed by atoms with Gasteiger partial charge in [-0.2, -0.15) is 0 Å². The van der Waals surface area contributed by atoms with Gasteiger partial charge in [0.15, 0.2) is 0 Å². The number of allylic oxidation sites excluding steroid dienone is 1. The van der Waals surface area contributed by atoms with Gasteiger partial charge < -0.3 is 4.74 Å². The topological polar surface area (TPSA) is 54.3 Å². The second-order valence-electron chi connectivity index (χ2n) is 8.63. The van der Waals surface area contributed by atoms with Crippen LogP contribution >= 0.6 is 0 Å². The molecule has 172 valence electrons. The average molecular weight is 444 g/mol. The Bertz CT molecular complexity index is 1110. The quantitative estimate of drug-likeness (QED) is 0.519. The molecule has 0 aliphatic carbocycles. The molecule has 2 aliphatic rings. The van der Waals surface area contributed by atoms with Gasteiger partial charge in [-0.25, -0.2) is 0 Å². The summed E-state index contributed by atoms with van der Waals surface area (Å²) in [5, 5.41) is 0. The summed E-state index contributed by atoms with van der Waals surface area (Å²) in [7, 11) is 1.71. The Balaban J connectivity index is 1.83. The van der Waals surface area contributed by atoms with Crippen LogP contribution in [0.4, 0.5) is 11.4 Å². The minimum Gasteiger partial charge on any atom is -0.494 e. The van der Waals surface area contributed by atoms with Crippen molar-refractivity contribution in [2.75, 3.05) is 18.6 Å².